The lowest BCUT2D eigenvalue weighted by atomic mass is 10.2. The molecule has 0 saturated carbocycles. The van der Waals surface area contributed by atoms with Crippen molar-refractivity contribution in [1.29, 1.82) is 0 Å². The molecule has 0 aromatic heterocycles. The zero-order chi connectivity index (χ0) is 12.0. The molecular weight excluding hydrogens is 228 g/mol. The number of carboxylic acids is 2. The highest BCUT2D eigenvalue weighted by molar-refractivity contribution is 6.41. The first-order valence-corrected chi connectivity index (χ1v) is 3.89. The van der Waals surface area contributed by atoms with Crippen molar-refractivity contribution in [1.82, 2.24) is 0 Å². The number of ether oxygens (including phenoxy) is 1. The third-order valence-corrected chi connectivity index (χ3v) is 1.48. The molecule has 0 heterocycles. The average Bonchev–Trinajstić information content (AvgIpc) is 2.15. The zero-order valence-corrected chi connectivity index (χ0v) is 8.32. The van der Waals surface area contributed by atoms with Crippen molar-refractivity contribution in [2.45, 2.75) is 0 Å². The van der Waals surface area contributed by atoms with Crippen molar-refractivity contribution in [2.75, 3.05) is 7.11 Å². The Bertz CT molecular complexity index is 354. The minimum absolute atomic E-state index is 0.575. The first kappa shape index (κ1) is 13.2. The smallest absolute Gasteiger partial charge is 0.347 e. The van der Waals surface area contributed by atoms with Gasteiger partial charge in [0.25, 0.3) is 0 Å². The van der Waals surface area contributed by atoms with Gasteiger partial charge in [-0.25, -0.2) is 14.4 Å². The van der Waals surface area contributed by atoms with Crippen LogP contribution in [0.4, 0.5) is 0 Å². The van der Waals surface area contributed by atoms with Crippen LogP contribution in [0.25, 0.3) is 0 Å². The van der Waals surface area contributed by atoms with E-state index in [0.29, 0.717) is 12.2 Å². The molecule has 2 N–H and O–H groups in total. The lowest BCUT2D eigenvalue weighted by molar-refractivity contribution is -0.136. The number of halogens is 1. The number of carboxylic acid groups (broad SMARTS) is 2. The van der Waals surface area contributed by atoms with E-state index in [1.807, 2.05) is 0 Å². The van der Waals surface area contributed by atoms with E-state index in [-0.39, 0.29) is 0 Å². The van der Waals surface area contributed by atoms with Crippen LogP contribution in [-0.2, 0) is 19.1 Å². The van der Waals surface area contributed by atoms with Gasteiger partial charge in [0.1, 0.15) is 5.03 Å². The predicted molar refractivity (Wildman–Crippen MR) is 49.3 cm³/mol. The first-order valence-electron chi connectivity index (χ1n) is 3.52. The van der Waals surface area contributed by atoms with Crippen LogP contribution >= 0.6 is 11.6 Å². The second-order valence-corrected chi connectivity index (χ2v) is 2.63. The number of carbonyl (C=O) groups excluding carboxylic acids is 1. The highest BCUT2D eigenvalue weighted by Crippen LogP contribution is 2.08. The fourth-order valence-corrected chi connectivity index (χ4v) is 0.667. The summed E-state index contributed by atoms with van der Waals surface area (Å²) in [6, 6.07) is 0. The number of aliphatic carboxylic acids is 2. The van der Waals surface area contributed by atoms with E-state index >= 15 is 0 Å². The molecule has 0 fully saturated rings. The molecule has 0 radical (unpaired) electrons. The van der Waals surface area contributed by atoms with Gasteiger partial charge in [0.05, 0.1) is 12.7 Å². The van der Waals surface area contributed by atoms with Gasteiger partial charge in [-0.3, -0.25) is 0 Å². The average molecular weight is 235 g/mol. The molecule has 0 rings (SSSR count). The van der Waals surface area contributed by atoms with Crippen LogP contribution in [0.2, 0.25) is 0 Å². The molecule has 15 heavy (non-hydrogen) atoms. The summed E-state index contributed by atoms with van der Waals surface area (Å²) in [4.78, 5) is 31.5. The molecule has 0 aliphatic carbocycles. The molecule has 7 heteroatoms. The van der Waals surface area contributed by atoms with Gasteiger partial charge >= 0.3 is 17.9 Å². The summed E-state index contributed by atoms with van der Waals surface area (Å²) in [5.74, 6) is -3.90. The Balaban J connectivity index is 5.09. The molecule has 6 nitrogen and oxygen atoms in total. The Morgan fingerprint density at radius 1 is 1.13 bits per heavy atom. The molecular formula is C8H7ClO6. The van der Waals surface area contributed by atoms with E-state index in [0.717, 1.165) is 7.11 Å². The van der Waals surface area contributed by atoms with Gasteiger partial charge in [-0.15, -0.1) is 0 Å². The minimum Gasteiger partial charge on any atom is -0.478 e. The monoisotopic (exact) mass is 234 g/mol. The van der Waals surface area contributed by atoms with E-state index in [1.165, 1.54) is 0 Å². The molecule has 0 aliphatic heterocycles. The highest BCUT2D eigenvalue weighted by atomic mass is 35.5. The maximum Gasteiger partial charge on any atom is 0.347 e. The highest BCUT2D eigenvalue weighted by Gasteiger charge is 2.11. The van der Waals surface area contributed by atoms with Crippen LogP contribution in [0.5, 0.6) is 0 Å². The van der Waals surface area contributed by atoms with Crippen LogP contribution < -0.4 is 0 Å². The lowest BCUT2D eigenvalue weighted by Crippen LogP contribution is -2.05. The van der Waals surface area contributed by atoms with Gasteiger partial charge in [0.2, 0.25) is 0 Å². The van der Waals surface area contributed by atoms with Crippen molar-refractivity contribution in [2.24, 2.45) is 0 Å². The minimum atomic E-state index is -1.49. The molecule has 0 amide bonds. The Morgan fingerprint density at radius 3 is 2.00 bits per heavy atom. The van der Waals surface area contributed by atoms with Gasteiger partial charge in [-0.05, 0) is 6.08 Å². The number of hydrogen-bond acceptors (Lipinski definition) is 4. The standard InChI is InChI=1S/C8H7ClO6/c1-15-6(10)3-4(7(11)12)2-5(9)8(13)14/h2-3H,1H3,(H,11,12)(H,13,14)/b4-3+,5-2+. The Kier molecular flexibility index (Phi) is 5.11. The summed E-state index contributed by atoms with van der Waals surface area (Å²) in [5.41, 5.74) is -0.575. The molecule has 0 aromatic rings. The number of esters is 1. The molecule has 0 spiro atoms. The molecule has 0 aromatic carbocycles. The summed E-state index contributed by atoms with van der Waals surface area (Å²) < 4.78 is 4.17. The van der Waals surface area contributed by atoms with E-state index in [9.17, 15) is 14.4 Å². The Labute approximate surface area is 89.4 Å². The Morgan fingerprint density at radius 2 is 1.67 bits per heavy atom. The third kappa shape index (κ3) is 4.82. The van der Waals surface area contributed by atoms with E-state index in [4.69, 9.17) is 21.8 Å². The van der Waals surface area contributed by atoms with E-state index < -0.39 is 28.5 Å². The lowest BCUT2D eigenvalue weighted by Gasteiger charge is -1.96. The predicted octanol–water partition coefficient (Wildman–Crippen LogP) is 0.378. The van der Waals surface area contributed by atoms with Crippen molar-refractivity contribution in [3.8, 4) is 0 Å². The summed E-state index contributed by atoms with van der Waals surface area (Å²) >= 11 is 5.19. The largest absolute Gasteiger partial charge is 0.478 e. The zero-order valence-electron chi connectivity index (χ0n) is 7.56. The topological polar surface area (TPSA) is 101 Å². The number of carbonyl (C=O) groups is 3. The van der Waals surface area contributed by atoms with Crippen LogP contribution in [0.1, 0.15) is 0 Å². The number of hydrogen-bond donors (Lipinski definition) is 2. The van der Waals surface area contributed by atoms with E-state index in [2.05, 4.69) is 4.74 Å². The normalized spacial score (nSPS) is 12.1. The van der Waals surface area contributed by atoms with E-state index in [1.54, 1.807) is 0 Å². The van der Waals surface area contributed by atoms with Crippen molar-refractivity contribution in [3.63, 3.8) is 0 Å². The summed E-state index contributed by atoms with van der Waals surface area (Å²) in [6.07, 6.45) is 1.26. The van der Waals surface area contributed by atoms with Crippen LogP contribution in [0.3, 0.4) is 0 Å². The van der Waals surface area contributed by atoms with Gasteiger partial charge in [-0.2, -0.15) is 0 Å². The molecule has 0 aliphatic rings. The molecule has 0 bridgehead atoms. The number of rotatable bonds is 4. The maximum atomic E-state index is 10.7. The SMILES string of the molecule is COC(=O)/C=C(\C=C(\Cl)C(=O)O)C(=O)O. The molecule has 0 atom stereocenters. The maximum absolute atomic E-state index is 10.7. The molecule has 82 valence electrons. The first-order chi connectivity index (χ1) is 6.88. The molecule has 0 unspecified atom stereocenters. The second kappa shape index (κ2) is 5.82. The van der Waals surface area contributed by atoms with Crippen LogP contribution in [0.15, 0.2) is 22.8 Å². The van der Waals surface area contributed by atoms with Gasteiger partial charge in [-0.1, -0.05) is 11.6 Å². The van der Waals surface area contributed by atoms with Crippen molar-refractivity contribution in [3.05, 3.63) is 22.8 Å². The Hall–Kier alpha value is -1.82. The van der Waals surface area contributed by atoms with Gasteiger partial charge in [0, 0.05) is 6.08 Å². The quantitative estimate of drug-likeness (QED) is 0.414. The van der Waals surface area contributed by atoms with Gasteiger partial charge in [0.15, 0.2) is 0 Å². The van der Waals surface area contributed by atoms with Crippen LogP contribution in [-0.4, -0.2) is 35.2 Å². The third-order valence-electron chi connectivity index (χ3n) is 1.21. The van der Waals surface area contributed by atoms with Gasteiger partial charge < -0.3 is 14.9 Å². The second-order valence-electron chi connectivity index (χ2n) is 2.23. The summed E-state index contributed by atoms with van der Waals surface area (Å²) in [5, 5.41) is 16.2. The fraction of sp³-hybridized carbons (Fsp3) is 0.125. The molecule has 0 saturated heterocycles. The van der Waals surface area contributed by atoms with Crippen molar-refractivity contribution >= 4 is 29.5 Å². The fourth-order valence-electron chi connectivity index (χ4n) is 0.549. The summed E-state index contributed by atoms with van der Waals surface area (Å²) in [6.45, 7) is 0. The number of methoxy groups -OCH3 is 1. The van der Waals surface area contributed by atoms with Crippen molar-refractivity contribution < 1.29 is 29.3 Å². The van der Waals surface area contributed by atoms with Crippen LogP contribution in [0, 0.1) is 0 Å². The summed E-state index contributed by atoms with van der Waals surface area (Å²) in [7, 11) is 1.06.